The van der Waals surface area contributed by atoms with E-state index in [1.165, 1.54) is 5.69 Å². The number of morpholine rings is 1. The first-order chi connectivity index (χ1) is 13.2. The Morgan fingerprint density at radius 3 is 2.52 bits per heavy atom. The van der Waals surface area contributed by atoms with Crippen LogP contribution in [0.25, 0.3) is 0 Å². The summed E-state index contributed by atoms with van der Waals surface area (Å²) < 4.78 is 5.49. The van der Waals surface area contributed by atoms with Gasteiger partial charge in [-0.2, -0.15) is 0 Å². The van der Waals surface area contributed by atoms with Crippen LogP contribution in [0.4, 0.5) is 5.69 Å². The van der Waals surface area contributed by atoms with E-state index in [9.17, 15) is 0 Å². The molecule has 1 fully saturated rings. The van der Waals surface area contributed by atoms with Crippen LogP contribution in [0.3, 0.4) is 0 Å². The maximum atomic E-state index is 5.49. The van der Waals surface area contributed by atoms with Crippen LogP contribution in [0, 0.1) is 5.92 Å². The minimum atomic E-state index is 0.462. The predicted octanol–water partition coefficient (Wildman–Crippen LogP) is 2.40. The summed E-state index contributed by atoms with van der Waals surface area (Å²) in [5, 5.41) is 10.3. The van der Waals surface area contributed by atoms with Gasteiger partial charge in [0.2, 0.25) is 0 Å². The second kappa shape index (κ2) is 12.6. The number of ether oxygens (including phenoxy) is 1. The maximum absolute atomic E-state index is 5.49. The molecule has 0 saturated carbocycles. The number of anilines is 1. The number of nitrogens with zero attached hydrogens (tertiary/aromatic N) is 2. The highest BCUT2D eigenvalue weighted by molar-refractivity contribution is 5.79. The number of aliphatic imine (C=N–C) groups is 1. The first-order valence-electron chi connectivity index (χ1n) is 10.3. The molecule has 0 aromatic heterocycles. The van der Waals surface area contributed by atoms with Crippen molar-refractivity contribution in [3.8, 4) is 0 Å². The zero-order valence-electron chi connectivity index (χ0n) is 17.2. The summed E-state index contributed by atoms with van der Waals surface area (Å²) in [7, 11) is 0. The summed E-state index contributed by atoms with van der Waals surface area (Å²) in [5.74, 6) is 1.49. The fraction of sp³-hybridized carbons (Fsp3) is 0.667. The van der Waals surface area contributed by atoms with Crippen molar-refractivity contribution in [1.82, 2.24) is 15.5 Å². The zero-order valence-corrected chi connectivity index (χ0v) is 17.2. The molecule has 2 rings (SSSR count). The standard InChI is InChI=1S/C21H37N5O/c1-4-22-21(24-12-8-11-23-19-9-6-5-7-10-19)25-17-20(18(2)3)26-13-15-27-16-14-26/h5-7,9-10,18,20,23H,4,8,11-17H2,1-3H3,(H2,22,24,25). The van der Waals surface area contributed by atoms with Gasteiger partial charge in [-0.25, -0.2) is 0 Å². The highest BCUT2D eigenvalue weighted by atomic mass is 16.5. The van der Waals surface area contributed by atoms with Crippen molar-refractivity contribution in [3.05, 3.63) is 30.3 Å². The Labute approximate surface area is 164 Å². The molecule has 0 spiro atoms. The van der Waals surface area contributed by atoms with Crippen LogP contribution in [0.2, 0.25) is 0 Å². The molecule has 1 aromatic rings. The molecule has 1 heterocycles. The molecule has 3 N–H and O–H groups in total. The van der Waals surface area contributed by atoms with E-state index in [1.807, 2.05) is 6.07 Å². The molecule has 1 saturated heterocycles. The topological polar surface area (TPSA) is 60.9 Å². The molecule has 1 aliphatic heterocycles. The van der Waals surface area contributed by atoms with Gasteiger partial charge in [-0.1, -0.05) is 32.0 Å². The fourth-order valence-corrected chi connectivity index (χ4v) is 3.27. The molecule has 0 radical (unpaired) electrons. The largest absolute Gasteiger partial charge is 0.385 e. The minimum Gasteiger partial charge on any atom is -0.385 e. The SMILES string of the molecule is CCNC(=NCC(C(C)C)N1CCOCC1)NCCCNc1ccccc1. The van der Waals surface area contributed by atoms with Gasteiger partial charge >= 0.3 is 0 Å². The van der Waals surface area contributed by atoms with Gasteiger partial charge in [0.15, 0.2) is 5.96 Å². The monoisotopic (exact) mass is 375 g/mol. The van der Waals surface area contributed by atoms with Crippen molar-refractivity contribution in [1.29, 1.82) is 0 Å². The third-order valence-corrected chi connectivity index (χ3v) is 4.81. The van der Waals surface area contributed by atoms with E-state index in [4.69, 9.17) is 9.73 Å². The quantitative estimate of drug-likeness (QED) is 0.333. The van der Waals surface area contributed by atoms with Crippen LogP contribution in [0.5, 0.6) is 0 Å². The molecule has 0 bridgehead atoms. The van der Waals surface area contributed by atoms with Crippen molar-refractivity contribution in [2.75, 3.05) is 57.8 Å². The van der Waals surface area contributed by atoms with Crippen molar-refractivity contribution in [3.63, 3.8) is 0 Å². The fourth-order valence-electron chi connectivity index (χ4n) is 3.27. The number of hydrogen-bond acceptors (Lipinski definition) is 4. The Hall–Kier alpha value is -1.79. The van der Waals surface area contributed by atoms with Crippen LogP contribution >= 0.6 is 0 Å². The summed E-state index contributed by atoms with van der Waals surface area (Å²) in [6.07, 6.45) is 1.04. The first kappa shape index (κ1) is 21.5. The molecular weight excluding hydrogens is 338 g/mol. The molecule has 1 atom stereocenters. The van der Waals surface area contributed by atoms with Crippen molar-refractivity contribution >= 4 is 11.6 Å². The number of guanidine groups is 1. The van der Waals surface area contributed by atoms with Gasteiger partial charge in [-0.05, 0) is 31.4 Å². The van der Waals surface area contributed by atoms with Gasteiger partial charge in [0.1, 0.15) is 0 Å². The van der Waals surface area contributed by atoms with Gasteiger partial charge in [0.25, 0.3) is 0 Å². The number of hydrogen-bond donors (Lipinski definition) is 3. The van der Waals surface area contributed by atoms with Gasteiger partial charge in [0.05, 0.1) is 19.8 Å². The van der Waals surface area contributed by atoms with Gasteiger partial charge in [0, 0.05) is 44.5 Å². The van der Waals surface area contributed by atoms with E-state index in [2.05, 4.69) is 65.9 Å². The van der Waals surface area contributed by atoms with Crippen LogP contribution in [0.1, 0.15) is 27.2 Å². The Kier molecular flexibility index (Phi) is 10.0. The van der Waals surface area contributed by atoms with Crippen molar-refractivity contribution in [2.24, 2.45) is 10.9 Å². The van der Waals surface area contributed by atoms with Gasteiger partial charge in [-0.15, -0.1) is 0 Å². The zero-order chi connectivity index (χ0) is 19.3. The number of para-hydroxylation sites is 1. The average molecular weight is 376 g/mol. The Balaban J connectivity index is 1.76. The lowest BCUT2D eigenvalue weighted by atomic mass is 10.0. The highest BCUT2D eigenvalue weighted by Gasteiger charge is 2.23. The van der Waals surface area contributed by atoms with Crippen LogP contribution in [0.15, 0.2) is 35.3 Å². The van der Waals surface area contributed by atoms with Crippen LogP contribution in [-0.4, -0.2) is 69.4 Å². The predicted molar refractivity (Wildman–Crippen MR) is 115 cm³/mol. The third kappa shape index (κ3) is 8.18. The van der Waals surface area contributed by atoms with Gasteiger partial charge in [-0.3, -0.25) is 9.89 Å². The Morgan fingerprint density at radius 1 is 1.11 bits per heavy atom. The molecule has 152 valence electrons. The summed E-state index contributed by atoms with van der Waals surface area (Å²) in [5.41, 5.74) is 1.17. The molecule has 0 amide bonds. The van der Waals surface area contributed by atoms with E-state index >= 15 is 0 Å². The molecule has 1 aliphatic rings. The Bertz CT molecular complexity index is 529. The van der Waals surface area contributed by atoms with E-state index in [0.717, 1.165) is 64.9 Å². The van der Waals surface area contributed by atoms with Crippen LogP contribution < -0.4 is 16.0 Å². The first-order valence-corrected chi connectivity index (χ1v) is 10.3. The smallest absolute Gasteiger partial charge is 0.191 e. The van der Waals surface area contributed by atoms with Crippen LogP contribution in [-0.2, 0) is 4.74 Å². The molecule has 6 nitrogen and oxygen atoms in total. The number of nitrogens with one attached hydrogen (secondary N) is 3. The summed E-state index contributed by atoms with van der Waals surface area (Å²) in [6.45, 7) is 13.9. The maximum Gasteiger partial charge on any atom is 0.191 e. The minimum absolute atomic E-state index is 0.462. The lowest BCUT2D eigenvalue weighted by molar-refractivity contribution is 0.00867. The van der Waals surface area contributed by atoms with Crippen molar-refractivity contribution in [2.45, 2.75) is 33.2 Å². The van der Waals surface area contributed by atoms with Crippen molar-refractivity contribution < 1.29 is 4.74 Å². The lowest BCUT2D eigenvalue weighted by Gasteiger charge is -2.36. The second-order valence-corrected chi connectivity index (χ2v) is 7.25. The summed E-state index contributed by atoms with van der Waals surface area (Å²) in [6, 6.07) is 10.8. The van der Waals surface area contributed by atoms with Gasteiger partial charge < -0.3 is 20.7 Å². The highest BCUT2D eigenvalue weighted by Crippen LogP contribution is 2.13. The molecule has 1 aromatic carbocycles. The lowest BCUT2D eigenvalue weighted by Crippen LogP contribution is -2.48. The molecular formula is C21H37N5O. The normalized spacial score (nSPS) is 17.0. The summed E-state index contributed by atoms with van der Waals surface area (Å²) >= 11 is 0. The number of benzene rings is 1. The van der Waals surface area contributed by atoms with E-state index < -0.39 is 0 Å². The van der Waals surface area contributed by atoms with E-state index in [0.29, 0.717) is 12.0 Å². The average Bonchev–Trinajstić information content (AvgIpc) is 2.69. The van der Waals surface area contributed by atoms with E-state index in [1.54, 1.807) is 0 Å². The summed E-state index contributed by atoms with van der Waals surface area (Å²) in [4.78, 5) is 7.38. The molecule has 0 aliphatic carbocycles. The second-order valence-electron chi connectivity index (χ2n) is 7.25. The number of rotatable bonds is 10. The molecule has 6 heteroatoms. The third-order valence-electron chi connectivity index (χ3n) is 4.81. The molecule has 1 unspecified atom stereocenters. The Morgan fingerprint density at radius 2 is 1.85 bits per heavy atom. The van der Waals surface area contributed by atoms with E-state index in [-0.39, 0.29) is 0 Å². The molecule has 27 heavy (non-hydrogen) atoms.